The standard InChI is InChI=1S/C17H26N2O4/c1-3-8-22-14-6-4-12(9-16(14)21-2)11-19-17(20)15-7-5-13(10-18)23-15/h4,6,9,13,15H,3,5,7-8,10-11,18H2,1-2H3,(H,19,20)/t13-,15+/m1/s1. The van der Waals surface area contributed by atoms with Crippen LogP contribution in [0.1, 0.15) is 31.7 Å². The van der Waals surface area contributed by atoms with Crippen LogP contribution < -0.4 is 20.5 Å². The van der Waals surface area contributed by atoms with E-state index in [1.807, 2.05) is 18.2 Å². The van der Waals surface area contributed by atoms with E-state index in [9.17, 15) is 4.79 Å². The number of methoxy groups -OCH3 is 1. The van der Waals surface area contributed by atoms with Crippen LogP contribution in [-0.4, -0.2) is 38.4 Å². The van der Waals surface area contributed by atoms with E-state index in [0.717, 1.165) is 24.8 Å². The molecule has 1 aromatic carbocycles. The monoisotopic (exact) mass is 322 g/mol. The van der Waals surface area contributed by atoms with Crippen LogP contribution in [0, 0.1) is 0 Å². The molecule has 1 aliphatic rings. The molecule has 1 saturated heterocycles. The first-order valence-electron chi connectivity index (χ1n) is 8.10. The minimum atomic E-state index is -0.391. The van der Waals surface area contributed by atoms with Crippen molar-refractivity contribution in [2.24, 2.45) is 5.73 Å². The maximum atomic E-state index is 12.1. The number of carbonyl (C=O) groups is 1. The third-order valence-electron chi connectivity index (χ3n) is 3.82. The molecule has 0 spiro atoms. The van der Waals surface area contributed by atoms with Gasteiger partial charge in [0.25, 0.3) is 0 Å². The van der Waals surface area contributed by atoms with Crippen molar-refractivity contribution in [2.75, 3.05) is 20.3 Å². The third-order valence-corrected chi connectivity index (χ3v) is 3.82. The average Bonchev–Trinajstić information content (AvgIpc) is 3.07. The Labute approximate surface area is 137 Å². The van der Waals surface area contributed by atoms with Crippen LogP contribution in [0.15, 0.2) is 18.2 Å². The summed E-state index contributed by atoms with van der Waals surface area (Å²) >= 11 is 0. The highest BCUT2D eigenvalue weighted by Crippen LogP contribution is 2.28. The number of amides is 1. The third kappa shape index (κ3) is 4.84. The zero-order valence-corrected chi connectivity index (χ0v) is 13.8. The first-order chi connectivity index (χ1) is 11.2. The molecular weight excluding hydrogens is 296 g/mol. The Hall–Kier alpha value is -1.79. The Morgan fingerprint density at radius 1 is 1.39 bits per heavy atom. The molecule has 128 valence electrons. The summed E-state index contributed by atoms with van der Waals surface area (Å²) in [5.74, 6) is 1.30. The number of hydrogen-bond acceptors (Lipinski definition) is 5. The van der Waals surface area contributed by atoms with Crippen molar-refractivity contribution in [3.8, 4) is 11.5 Å². The Morgan fingerprint density at radius 3 is 2.87 bits per heavy atom. The Kier molecular flexibility index (Phi) is 6.67. The van der Waals surface area contributed by atoms with E-state index in [1.165, 1.54) is 0 Å². The SMILES string of the molecule is CCCOc1ccc(CNC(=O)[C@@H]2CC[C@H](CN)O2)cc1OC. The molecule has 2 rings (SSSR count). The van der Waals surface area contributed by atoms with Crippen molar-refractivity contribution >= 4 is 5.91 Å². The fourth-order valence-corrected chi connectivity index (χ4v) is 2.53. The molecule has 0 bridgehead atoms. The van der Waals surface area contributed by atoms with E-state index in [1.54, 1.807) is 7.11 Å². The molecule has 6 heteroatoms. The van der Waals surface area contributed by atoms with Gasteiger partial charge < -0.3 is 25.3 Å². The zero-order chi connectivity index (χ0) is 16.7. The Bertz CT molecular complexity index is 521. The summed E-state index contributed by atoms with van der Waals surface area (Å²) in [5.41, 5.74) is 6.51. The van der Waals surface area contributed by atoms with Crippen LogP contribution in [0.4, 0.5) is 0 Å². The summed E-state index contributed by atoms with van der Waals surface area (Å²) in [4.78, 5) is 12.1. The van der Waals surface area contributed by atoms with Crippen molar-refractivity contribution in [3.63, 3.8) is 0 Å². The molecule has 0 aliphatic carbocycles. The normalized spacial score (nSPS) is 20.3. The van der Waals surface area contributed by atoms with Gasteiger partial charge in [-0.2, -0.15) is 0 Å². The summed E-state index contributed by atoms with van der Waals surface area (Å²) in [5, 5.41) is 2.90. The molecule has 1 aromatic rings. The molecule has 0 unspecified atom stereocenters. The number of ether oxygens (including phenoxy) is 3. The van der Waals surface area contributed by atoms with Crippen LogP contribution in [-0.2, 0) is 16.1 Å². The summed E-state index contributed by atoms with van der Waals surface area (Å²) in [7, 11) is 1.61. The molecule has 0 aromatic heterocycles. The maximum Gasteiger partial charge on any atom is 0.249 e. The smallest absolute Gasteiger partial charge is 0.249 e. The highest BCUT2D eigenvalue weighted by atomic mass is 16.5. The van der Waals surface area contributed by atoms with E-state index in [0.29, 0.717) is 31.2 Å². The van der Waals surface area contributed by atoms with Gasteiger partial charge in [0.05, 0.1) is 19.8 Å². The van der Waals surface area contributed by atoms with Gasteiger partial charge >= 0.3 is 0 Å². The molecule has 1 fully saturated rings. The van der Waals surface area contributed by atoms with Gasteiger partial charge in [-0.05, 0) is 37.0 Å². The minimum absolute atomic E-state index is 0.000780. The van der Waals surface area contributed by atoms with Crippen molar-refractivity contribution in [2.45, 2.75) is 44.9 Å². The number of carbonyl (C=O) groups excluding carboxylic acids is 1. The van der Waals surface area contributed by atoms with Crippen LogP contribution in [0.3, 0.4) is 0 Å². The average molecular weight is 322 g/mol. The molecule has 2 atom stereocenters. The van der Waals surface area contributed by atoms with E-state index >= 15 is 0 Å². The van der Waals surface area contributed by atoms with Crippen molar-refractivity contribution in [3.05, 3.63) is 23.8 Å². The van der Waals surface area contributed by atoms with Gasteiger partial charge in [0.2, 0.25) is 5.91 Å². The second kappa shape index (κ2) is 8.74. The second-order valence-electron chi connectivity index (χ2n) is 5.61. The fraction of sp³-hybridized carbons (Fsp3) is 0.588. The summed E-state index contributed by atoms with van der Waals surface area (Å²) in [6.45, 7) is 3.58. The van der Waals surface area contributed by atoms with Gasteiger partial charge in [-0.15, -0.1) is 0 Å². The lowest BCUT2D eigenvalue weighted by Gasteiger charge is -2.14. The predicted octanol–water partition coefficient (Wildman–Crippen LogP) is 1.61. The van der Waals surface area contributed by atoms with Crippen LogP contribution in [0.5, 0.6) is 11.5 Å². The molecule has 1 heterocycles. The summed E-state index contributed by atoms with van der Waals surface area (Å²) in [6, 6.07) is 5.67. The quantitative estimate of drug-likeness (QED) is 0.760. The molecule has 23 heavy (non-hydrogen) atoms. The number of hydrogen-bond donors (Lipinski definition) is 2. The van der Waals surface area contributed by atoms with Crippen LogP contribution in [0.2, 0.25) is 0 Å². The first kappa shape index (κ1) is 17.6. The second-order valence-corrected chi connectivity index (χ2v) is 5.61. The lowest BCUT2D eigenvalue weighted by atomic mass is 10.1. The molecule has 1 aliphatic heterocycles. The molecule has 1 amide bonds. The number of benzene rings is 1. The van der Waals surface area contributed by atoms with Crippen molar-refractivity contribution in [1.29, 1.82) is 0 Å². The largest absolute Gasteiger partial charge is 0.493 e. The zero-order valence-electron chi connectivity index (χ0n) is 13.8. The lowest BCUT2D eigenvalue weighted by molar-refractivity contribution is -0.132. The summed E-state index contributed by atoms with van der Waals surface area (Å²) < 4.78 is 16.5. The highest BCUT2D eigenvalue weighted by molar-refractivity contribution is 5.81. The number of nitrogens with one attached hydrogen (secondary N) is 1. The van der Waals surface area contributed by atoms with Crippen molar-refractivity contribution in [1.82, 2.24) is 5.32 Å². The predicted molar refractivity (Wildman–Crippen MR) is 87.6 cm³/mol. The molecule has 3 N–H and O–H groups in total. The van der Waals surface area contributed by atoms with Gasteiger partial charge in [-0.3, -0.25) is 4.79 Å². The molecule has 0 saturated carbocycles. The van der Waals surface area contributed by atoms with Gasteiger partial charge in [-0.1, -0.05) is 13.0 Å². The lowest BCUT2D eigenvalue weighted by Crippen LogP contribution is -2.35. The minimum Gasteiger partial charge on any atom is -0.493 e. The van der Waals surface area contributed by atoms with E-state index in [-0.39, 0.29) is 12.0 Å². The van der Waals surface area contributed by atoms with Crippen LogP contribution >= 0.6 is 0 Å². The van der Waals surface area contributed by atoms with Gasteiger partial charge in [0, 0.05) is 13.1 Å². The van der Waals surface area contributed by atoms with Crippen LogP contribution in [0.25, 0.3) is 0 Å². The van der Waals surface area contributed by atoms with E-state index in [2.05, 4.69) is 12.2 Å². The highest BCUT2D eigenvalue weighted by Gasteiger charge is 2.29. The first-order valence-corrected chi connectivity index (χ1v) is 8.10. The van der Waals surface area contributed by atoms with E-state index < -0.39 is 6.10 Å². The summed E-state index contributed by atoms with van der Waals surface area (Å²) in [6.07, 6.45) is 2.11. The number of rotatable bonds is 8. The van der Waals surface area contributed by atoms with Gasteiger partial charge in [0.15, 0.2) is 11.5 Å². The van der Waals surface area contributed by atoms with Gasteiger partial charge in [0.1, 0.15) is 6.10 Å². The Balaban J connectivity index is 1.89. The van der Waals surface area contributed by atoms with Crippen molar-refractivity contribution < 1.29 is 19.0 Å². The number of nitrogens with two attached hydrogens (primary N) is 1. The maximum absolute atomic E-state index is 12.1. The Morgan fingerprint density at radius 2 is 2.22 bits per heavy atom. The molecule has 6 nitrogen and oxygen atoms in total. The van der Waals surface area contributed by atoms with E-state index in [4.69, 9.17) is 19.9 Å². The molecule has 0 radical (unpaired) electrons. The fourth-order valence-electron chi connectivity index (χ4n) is 2.53. The van der Waals surface area contributed by atoms with Gasteiger partial charge in [-0.25, -0.2) is 0 Å². The molecular formula is C17H26N2O4. The topological polar surface area (TPSA) is 82.8 Å².